The van der Waals surface area contributed by atoms with Gasteiger partial charge in [-0.3, -0.25) is 46.8 Å². The summed E-state index contributed by atoms with van der Waals surface area (Å²) in [5, 5.41) is 36.2. The van der Waals surface area contributed by atoms with Crippen LogP contribution >= 0.6 is 31.3 Å². The van der Waals surface area contributed by atoms with Crippen LogP contribution in [-0.2, 0) is 75.7 Å². The van der Waals surface area contributed by atoms with Crippen LogP contribution in [0.1, 0.15) is 32.5 Å². The van der Waals surface area contributed by atoms with Crippen molar-refractivity contribution in [2.24, 2.45) is 13.0 Å². The summed E-state index contributed by atoms with van der Waals surface area (Å²) < 4.78 is 116. The third-order valence-corrected chi connectivity index (χ3v) is 17.7. The molecule has 3 aliphatic heterocycles. The number of anilines is 3. The molecule has 3 fully saturated rings. The predicted octanol–water partition coefficient (Wildman–Crippen LogP) is -2.57. The van der Waals surface area contributed by atoms with Crippen molar-refractivity contribution >= 4 is 82.5 Å². The van der Waals surface area contributed by atoms with Crippen LogP contribution in [0.15, 0.2) is 34.9 Å². The number of imidazole rings is 3. The van der Waals surface area contributed by atoms with E-state index in [0.717, 1.165) is 30.7 Å². The maximum Gasteiger partial charge on any atom is 0.490 e. The molecule has 3 aliphatic rings. The zero-order valence-corrected chi connectivity index (χ0v) is 45.7. The van der Waals surface area contributed by atoms with Crippen molar-refractivity contribution in [3.05, 3.63) is 46.0 Å². The second kappa shape index (κ2) is 22.9. The molecule has 0 saturated carbocycles. The zero-order chi connectivity index (χ0) is 58.0. The second-order valence-corrected chi connectivity index (χ2v) is 24.4. The molecule has 0 aliphatic carbocycles. The summed E-state index contributed by atoms with van der Waals surface area (Å²) in [5.41, 5.74) is 10.3. The van der Waals surface area contributed by atoms with Crippen LogP contribution in [0.3, 0.4) is 0 Å². The quantitative estimate of drug-likeness (QED) is 0.0232. The number of nitrogens with one attached hydrogen (secondary N) is 3. The van der Waals surface area contributed by atoms with Gasteiger partial charge in [-0.15, -0.1) is 0 Å². The summed E-state index contributed by atoms with van der Waals surface area (Å²) >= 11 is 0. The van der Waals surface area contributed by atoms with Crippen molar-refractivity contribution in [2.75, 3.05) is 57.4 Å². The second-order valence-electron chi connectivity index (χ2n) is 18.4. The van der Waals surface area contributed by atoms with Crippen molar-refractivity contribution < 1.29 is 108 Å². The summed E-state index contributed by atoms with van der Waals surface area (Å²) in [6.45, 7) is 0.202. The van der Waals surface area contributed by atoms with Crippen LogP contribution < -0.4 is 32.5 Å². The first-order valence-electron chi connectivity index (χ1n) is 23.4. The smallest absolute Gasteiger partial charge is 0.387 e. The number of ether oxygens (including phenoxy) is 5. The van der Waals surface area contributed by atoms with Crippen LogP contribution in [0.2, 0.25) is 0 Å². The number of aryl methyl sites for hydroxylation is 1. The number of phosphoric ester groups is 3. The van der Waals surface area contributed by atoms with E-state index in [1.165, 1.54) is 34.2 Å². The van der Waals surface area contributed by atoms with Crippen molar-refractivity contribution in [2.45, 2.75) is 87.4 Å². The SMILES string of the molecule is COC[C@H]1[C@@H](O)[C@H](n2c[n+](C)c3c(=O)[nH]c(NC(C)C)nc32)O[C@@H]1COP(=O)(O)OP(=O)(O)OP(=O)(O)OC[C@H]1O[C@@H](n2cnc3c(N)ncnc32)[C@H](OC)[C@@H]1OP(=O)(O)OC[C@H]1O[C@@H](n2cnc3c(=O)[nH]c(N)nc32)[C@H](O)[C@@H]1O. The number of aromatic amines is 2. The fourth-order valence-corrected chi connectivity index (χ4v) is 13.6. The van der Waals surface area contributed by atoms with Gasteiger partial charge in [0.15, 0.2) is 35.1 Å². The number of aromatic nitrogens is 12. The largest absolute Gasteiger partial charge is 0.490 e. The van der Waals surface area contributed by atoms with E-state index in [9.17, 15) is 62.7 Å². The van der Waals surface area contributed by atoms with Crippen LogP contribution in [0, 0.1) is 5.92 Å². The Morgan fingerprint density at radius 2 is 1.29 bits per heavy atom. The Bertz CT molecular complexity index is 3580. The fraction of sp³-hybridized carbons (Fsp3) is 0.595. The molecule has 16 atom stereocenters. The monoisotopic (exact) mass is 1220 g/mol. The first-order chi connectivity index (χ1) is 37.6. The summed E-state index contributed by atoms with van der Waals surface area (Å²) in [5.74, 6) is -1.32. The van der Waals surface area contributed by atoms with E-state index in [-0.39, 0.29) is 63.9 Å². The number of H-pyrrole nitrogens is 2. The van der Waals surface area contributed by atoms with Crippen molar-refractivity contribution in [3.8, 4) is 0 Å². The van der Waals surface area contributed by atoms with Gasteiger partial charge in [0.05, 0.1) is 52.2 Å². The highest BCUT2D eigenvalue weighted by atomic mass is 31.3. The molecule has 0 aromatic carbocycles. The molecule has 3 saturated heterocycles. The van der Waals surface area contributed by atoms with Gasteiger partial charge >= 0.3 is 36.9 Å². The Morgan fingerprint density at radius 1 is 0.688 bits per heavy atom. The van der Waals surface area contributed by atoms with E-state index in [0.29, 0.717) is 0 Å². The lowest BCUT2D eigenvalue weighted by Crippen LogP contribution is -2.38. The van der Waals surface area contributed by atoms with E-state index in [4.69, 9.17) is 53.2 Å². The normalized spacial score (nSPS) is 29.4. The molecule has 0 spiro atoms. The van der Waals surface area contributed by atoms with Gasteiger partial charge < -0.3 is 75.4 Å². The Labute approximate surface area is 447 Å². The highest BCUT2D eigenvalue weighted by Crippen LogP contribution is 2.68. The number of fused-ring (bicyclic) bond motifs is 3. The summed E-state index contributed by atoms with van der Waals surface area (Å²) in [6.07, 6.45) is -12.8. The van der Waals surface area contributed by atoms with Gasteiger partial charge in [0, 0.05) is 26.2 Å². The van der Waals surface area contributed by atoms with Gasteiger partial charge in [-0.05, 0) is 13.8 Å². The molecule has 43 heteroatoms. The molecule has 4 unspecified atom stereocenters. The average Bonchev–Trinajstić information content (AvgIpc) is 4.35. The number of phosphoric acid groups is 4. The Balaban J connectivity index is 0.868. The van der Waals surface area contributed by atoms with E-state index < -0.39 is 136 Å². The van der Waals surface area contributed by atoms with E-state index in [1.54, 1.807) is 13.8 Å². The highest BCUT2D eigenvalue weighted by Gasteiger charge is 2.54. The molecule has 9 rings (SSSR count). The third-order valence-electron chi connectivity index (χ3n) is 12.5. The number of nitrogens with two attached hydrogens (primary N) is 2. The molecule has 6 aromatic heterocycles. The summed E-state index contributed by atoms with van der Waals surface area (Å²) in [4.78, 5) is 97.7. The molecule has 14 N–H and O–H groups in total. The molecule has 0 radical (unpaired) electrons. The Hall–Kier alpha value is -5.15. The van der Waals surface area contributed by atoms with Gasteiger partial charge in [-0.25, -0.2) is 42.8 Å². The number of hydrogen-bond acceptors (Lipinski definition) is 29. The number of rotatable bonds is 23. The molecule has 80 heavy (non-hydrogen) atoms. The molecule has 440 valence electrons. The van der Waals surface area contributed by atoms with E-state index in [2.05, 4.69) is 53.8 Å². The van der Waals surface area contributed by atoms with Crippen LogP contribution in [0.5, 0.6) is 0 Å². The van der Waals surface area contributed by atoms with Crippen LogP contribution in [0.4, 0.5) is 17.7 Å². The molecular formula is C37H54N15O24P4+. The molecule has 0 bridgehead atoms. The fourth-order valence-electron chi connectivity index (χ4n) is 9.10. The minimum Gasteiger partial charge on any atom is -0.387 e. The Kier molecular flexibility index (Phi) is 17.0. The molecular weight excluding hydrogens is 1160 g/mol. The summed E-state index contributed by atoms with van der Waals surface area (Å²) in [7, 11) is -19.5. The number of methoxy groups -OCH3 is 2. The number of hydrogen-bond donors (Lipinski definition) is 12. The molecule has 0 amide bonds. The molecule has 39 nitrogen and oxygen atoms in total. The standard InChI is InChI=1S/C37H53N15O24P4/c1-14(2)44-37-46-30-21(32(57)48-37)49(3)13-52(30)33-22(53)15(6-66-4)16(71-33)7-69-78(60,61)75-80(64,65)76-79(62,63)70-9-18-25(26(67-5)35(73-18)50-11-42-19-27(38)40-10-41-28(19)50)74-77(58,59)68-8-17-23(54)24(55)34(72-17)51-12-43-20-29(51)45-36(39)47-31(20)56/h10-18,22-26,33-35,53-55H,6-9H2,1-5H3,(H10-,38,39,40,41,44,45,46,47,48,56,57,58,59,60,61,62,63,64,65)/p+1/t15-,16-,17-,18-,22-,23-,24-,25-,26-,33-,34-,35-/m1/s1. The van der Waals surface area contributed by atoms with Gasteiger partial charge in [0.25, 0.3) is 16.7 Å². The lowest BCUT2D eigenvalue weighted by Gasteiger charge is -2.26. The van der Waals surface area contributed by atoms with Crippen molar-refractivity contribution in [3.63, 3.8) is 0 Å². The van der Waals surface area contributed by atoms with Crippen LogP contribution in [-0.4, -0.2) is 184 Å². The van der Waals surface area contributed by atoms with Gasteiger partial charge in [-0.2, -0.15) is 23.2 Å². The maximum atomic E-state index is 13.7. The summed E-state index contributed by atoms with van der Waals surface area (Å²) in [6, 6.07) is -0.144. The number of nitrogens with zero attached hydrogens (tertiary/aromatic N) is 10. The predicted molar refractivity (Wildman–Crippen MR) is 263 cm³/mol. The van der Waals surface area contributed by atoms with Gasteiger partial charge in [0.1, 0.15) is 54.6 Å². The topological polar surface area (TPSA) is 537 Å². The van der Waals surface area contributed by atoms with E-state index >= 15 is 0 Å². The molecule has 9 heterocycles. The van der Waals surface area contributed by atoms with Gasteiger partial charge in [-0.1, -0.05) is 0 Å². The van der Waals surface area contributed by atoms with Gasteiger partial charge in [0.2, 0.25) is 24.5 Å². The highest BCUT2D eigenvalue weighted by molar-refractivity contribution is 7.66. The first kappa shape index (κ1) is 59.5. The minimum absolute atomic E-state index is 0.0176. The lowest BCUT2D eigenvalue weighted by atomic mass is 9.99. The number of nitrogen functional groups attached to an aromatic ring is 2. The third kappa shape index (κ3) is 12.3. The number of aliphatic hydroxyl groups excluding tert-OH is 3. The van der Waals surface area contributed by atoms with Crippen LogP contribution in [0.25, 0.3) is 33.5 Å². The average molecular weight is 1220 g/mol. The zero-order valence-electron chi connectivity index (χ0n) is 42.1. The maximum absolute atomic E-state index is 13.7. The first-order valence-corrected chi connectivity index (χ1v) is 29.4. The van der Waals surface area contributed by atoms with Crippen molar-refractivity contribution in [1.29, 1.82) is 0 Å². The van der Waals surface area contributed by atoms with Crippen molar-refractivity contribution in [1.82, 2.24) is 53.6 Å². The van der Waals surface area contributed by atoms with E-state index in [1.807, 2.05) is 0 Å². The minimum atomic E-state index is -6.18. The Morgan fingerprint density at radius 3 is 1.95 bits per heavy atom. The molecule has 6 aromatic rings. The number of aliphatic hydroxyl groups is 3. The lowest BCUT2D eigenvalue weighted by molar-refractivity contribution is -0.646.